The van der Waals surface area contributed by atoms with Gasteiger partial charge in [0.25, 0.3) is 7.82 Å². The summed E-state index contributed by atoms with van der Waals surface area (Å²) < 4.78 is 34.5. The van der Waals surface area contributed by atoms with E-state index in [0.29, 0.717) is 24.1 Å². The summed E-state index contributed by atoms with van der Waals surface area (Å²) in [7, 11) is 1.32. The fourth-order valence-corrected chi connectivity index (χ4v) is 6.34. The second kappa shape index (κ2) is 37.4. The summed E-state index contributed by atoms with van der Waals surface area (Å²) in [6.07, 6.45) is 44.2. The predicted molar refractivity (Wildman–Crippen MR) is 222 cm³/mol. The number of nitrogens with zero attached hydrogens (tertiary/aromatic N) is 1. The first-order valence-corrected chi connectivity index (χ1v) is 22.8. The number of ether oxygens (including phenoxy) is 2. The summed E-state index contributed by atoms with van der Waals surface area (Å²) in [6, 6.07) is 0. The molecule has 0 saturated heterocycles. The molecule has 310 valence electrons. The molecule has 9 heteroatoms. The molecule has 0 aliphatic carbocycles. The van der Waals surface area contributed by atoms with Gasteiger partial charge in [0.05, 0.1) is 34.4 Å². The largest absolute Gasteiger partial charge is 0.756 e. The van der Waals surface area contributed by atoms with Crippen LogP contribution in [-0.4, -0.2) is 70.7 Å². The first-order valence-electron chi connectivity index (χ1n) is 21.4. The van der Waals surface area contributed by atoms with E-state index in [1.54, 1.807) is 0 Å². The van der Waals surface area contributed by atoms with E-state index in [9.17, 15) is 14.3 Å². The number of likely N-dealkylation sites (N-methyl/N-ethyl adjacent to an activating group) is 1. The molecule has 2 unspecified atom stereocenters. The minimum absolute atomic E-state index is 0.0157. The first-order chi connectivity index (χ1) is 25.6. The van der Waals surface area contributed by atoms with Crippen molar-refractivity contribution in [1.82, 2.24) is 0 Å². The van der Waals surface area contributed by atoms with E-state index < -0.39 is 13.9 Å². The van der Waals surface area contributed by atoms with Gasteiger partial charge in [-0.15, -0.1) is 0 Å². The summed E-state index contributed by atoms with van der Waals surface area (Å²) >= 11 is 0. The quantitative estimate of drug-likeness (QED) is 0.0202. The van der Waals surface area contributed by atoms with E-state index in [0.717, 1.165) is 57.8 Å². The van der Waals surface area contributed by atoms with Gasteiger partial charge < -0.3 is 27.9 Å². The summed E-state index contributed by atoms with van der Waals surface area (Å²) in [5, 5.41) is 0. The van der Waals surface area contributed by atoms with Crippen LogP contribution in [0.4, 0.5) is 0 Å². The Morgan fingerprint density at radius 2 is 1.08 bits per heavy atom. The van der Waals surface area contributed by atoms with Crippen molar-refractivity contribution >= 4 is 13.8 Å². The molecule has 0 N–H and O–H groups in total. The van der Waals surface area contributed by atoms with E-state index >= 15 is 0 Å². The Morgan fingerprint density at radius 1 is 0.604 bits per heavy atom. The lowest BCUT2D eigenvalue weighted by molar-refractivity contribution is -0.870. The Kier molecular flexibility index (Phi) is 36.3. The number of carbonyl (C=O) groups excluding carboxylic acids is 1. The topological polar surface area (TPSA) is 94.1 Å². The molecular formula is C44H82NO7P. The molecule has 0 saturated carbocycles. The summed E-state index contributed by atoms with van der Waals surface area (Å²) in [4.78, 5) is 25.0. The zero-order chi connectivity index (χ0) is 39.1. The summed E-state index contributed by atoms with van der Waals surface area (Å²) in [6.45, 7) is 5.15. The number of phosphoric acid groups is 1. The number of esters is 1. The molecule has 8 nitrogen and oxygen atoms in total. The van der Waals surface area contributed by atoms with E-state index in [2.05, 4.69) is 62.5 Å². The zero-order valence-corrected chi connectivity index (χ0v) is 35.8. The van der Waals surface area contributed by atoms with E-state index in [-0.39, 0.29) is 25.8 Å². The molecule has 0 fully saturated rings. The number of quaternary nitrogens is 1. The second-order valence-electron chi connectivity index (χ2n) is 15.3. The van der Waals surface area contributed by atoms with E-state index in [1.807, 2.05) is 21.1 Å². The standard InChI is InChI=1S/C44H82NO7P/c1-6-8-10-12-14-16-18-20-22-23-24-25-27-29-31-33-35-37-44(46)52-43(42-51-53(47,48)50-40-38-45(3,4)5)41-49-39-36-34-32-30-28-26-21-19-17-15-13-11-9-7-2/h9,11,15,17,21,26,30,32,43H,6-8,10,12-14,16,18-20,22-25,27-29,31,33-42H2,1-5H3/b11-9-,17-15-,26-21-,32-30-. The van der Waals surface area contributed by atoms with Crippen molar-refractivity contribution in [3.63, 3.8) is 0 Å². The fraction of sp³-hybridized carbons (Fsp3) is 0.795. The van der Waals surface area contributed by atoms with Gasteiger partial charge in [-0.2, -0.15) is 0 Å². The zero-order valence-electron chi connectivity index (χ0n) is 35.0. The normalized spacial score (nSPS) is 14.3. The second-order valence-corrected chi connectivity index (χ2v) is 16.7. The van der Waals surface area contributed by atoms with Crippen LogP contribution in [-0.2, 0) is 27.9 Å². The van der Waals surface area contributed by atoms with Crippen LogP contribution < -0.4 is 4.89 Å². The lowest BCUT2D eigenvalue weighted by atomic mass is 10.0. The maximum Gasteiger partial charge on any atom is 0.306 e. The van der Waals surface area contributed by atoms with Crippen LogP contribution in [0.15, 0.2) is 48.6 Å². The molecule has 0 amide bonds. The molecule has 0 radical (unpaired) electrons. The van der Waals surface area contributed by atoms with Crippen molar-refractivity contribution in [2.24, 2.45) is 0 Å². The molecule has 0 spiro atoms. The van der Waals surface area contributed by atoms with Crippen LogP contribution in [0.25, 0.3) is 0 Å². The number of unbranched alkanes of at least 4 members (excludes halogenated alkanes) is 17. The molecular weight excluding hydrogens is 685 g/mol. The number of hydrogen-bond acceptors (Lipinski definition) is 7. The smallest absolute Gasteiger partial charge is 0.306 e. The predicted octanol–water partition coefficient (Wildman–Crippen LogP) is 11.7. The lowest BCUT2D eigenvalue weighted by Gasteiger charge is -2.28. The van der Waals surface area contributed by atoms with Gasteiger partial charge >= 0.3 is 5.97 Å². The Bertz CT molecular complexity index is 989. The van der Waals surface area contributed by atoms with Crippen molar-refractivity contribution < 1.29 is 37.3 Å². The Hall–Kier alpha value is -1.54. The third-order valence-corrected chi connectivity index (χ3v) is 9.86. The SMILES string of the molecule is CC/C=C\C/C=C\C/C=C\C/C=C\CCCOCC(COP(=O)([O-])OCC[N+](C)(C)C)OC(=O)CCCCCCCCCCCCCCCCCCC. The molecule has 53 heavy (non-hydrogen) atoms. The van der Waals surface area contributed by atoms with Crippen LogP contribution >= 0.6 is 7.82 Å². The van der Waals surface area contributed by atoms with Gasteiger partial charge in [0.1, 0.15) is 19.3 Å². The highest BCUT2D eigenvalue weighted by Crippen LogP contribution is 2.38. The van der Waals surface area contributed by atoms with Crippen molar-refractivity contribution in [2.75, 3.05) is 54.1 Å². The monoisotopic (exact) mass is 768 g/mol. The van der Waals surface area contributed by atoms with Crippen LogP contribution in [0.3, 0.4) is 0 Å². The average molecular weight is 768 g/mol. The third kappa shape index (κ3) is 41.5. The van der Waals surface area contributed by atoms with Crippen molar-refractivity contribution in [3.05, 3.63) is 48.6 Å². The molecule has 0 aliphatic heterocycles. The highest BCUT2D eigenvalue weighted by atomic mass is 31.2. The van der Waals surface area contributed by atoms with Crippen molar-refractivity contribution in [1.29, 1.82) is 0 Å². The Balaban J connectivity index is 4.30. The molecule has 0 aromatic heterocycles. The molecule has 0 aromatic rings. The van der Waals surface area contributed by atoms with Crippen LogP contribution in [0, 0.1) is 0 Å². The van der Waals surface area contributed by atoms with Crippen LogP contribution in [0.5, 0.6) is 0 Å². The fourth-order valence-electron chi connectivity index (χ4n) is 5.61. The van der Waals surface area contributed by atoms with Gasteiger partial charge in [-0.05, 0) is 44.9 Å². The number of phosphoric ester groups is 1. The number of rotatable bonds is 39. The van der Waals surface area contributed by atoms with Crippen molar-refractivity contribution in [2.45, 2.75) is 174 Å². The molecule has 2 atom stereocenters. The minimum atomic E-state index is -4.54. The molecule has 0 aromatic carbocycles. The number of hydrogen-bond donors (Lipinski definition) is 0. The van der Waals surface area contributed by atoms with Gasteiger partial charge in [0.15, 0.2) is 0 Å². The van der Waals surface area contributed by atoms with E-state index in [1.165, 1.54) is 89.9 Å². The molecule has 0 aliphatic rings. The lowest BCUT2D eigenvalue weighted by Crippen LogP contribution is -2.37. The van der Waals surface area contributed by atoms with E-state index in [4.69, 9.17) is 18.5 Å². The number of carbonyl (C=O) groups is 1. The van der Waals surface area contributed by atoms with Crippen LogP contribution in [0.1, 0.15) is 168 Å². The third-order valence-electron chi connectivity index (χ3n) is 8.89. The Labute approximate surface area is 327 Å². The molecule has 0 bridgehead atoms. The summed E-state index contributed by atoms with van der Waals surface area (Å²) in [5.41, 5.74) is 0. The first kappa shape index (κ1) is 51.5. The number of allylic oxidation sites excluding steroid dienone is 8. The summed E-state index contributed by atoms with van der Waals surface area (Å²) in [5.74, 6) is -0.352. The minimum Gasteiger partial charge on any atom is -0.756 e. The molecule has 0 rings (SSSR count). The molecule has 0 heterocycles. The van der Waals surface area contributed by atoms with Gasteiger partial charge in [0, 0.05) is 13.0 Å². The maximum absolute atomic E-state index is 12.7. The van der Waals surface area contributed by atoms with Gasteiger partial charge in [-0.1, -0.05) is 165 Å². The highest BCUT2D eigenvalue weighted by molar-refractivity contribution is 7.45. The Morgan fingerprint density at radius 3 is 1.57 bits per heavy atom. The van der Waals surface area contributed by atoms with Gasteiger partial charge in [-0.25, -0.2) is 0 Å². The van der Waals surface area contributed by atoms with Crippen molar-refractivity contribution in [3.8, 4) is 0 Å². The highest BCUT2D eigenvalue weighted by Gasteiger charge is 2.20. The van der Waals surface area contributed by atoms with Gasteiger partial charge in [0.2, 0.25) is 0 Å². The van der Waals surface area contributed by atoms with Gasteiger partial charge in [-0.3, -0.25) is 9.36 Å². The average Bonchev–Trinajstić information content (AvgIpc) is 3.11. The maximum atomic E-state index is 12.7. The van der Waals surface area contributed by atoms with Crippen LogP contribution in [0.2, 0.25) is 0 Å².